The van der Waals surface area contributed by atoms with E-state index in [1.54, 1.807) is 104 Å². The number of benzene rings is 3. The van der Waals surface area contributed by atoms with Gasteiger partial charge in [-0.2, -0.15) is 0 Å². The lowest BCUT2D eigenvalue weighted by atomic mass is 10.2. The number of nitrogens with zero attached hydrogens (tertiary/aromatic N) is 3. The van der Waals surface area contributed by atoms with Gasteiger partial charge in [-0.15, -0.1) is 11.8 Å². The average Bonchev–Trinajstić information content (AvgIpc) is 3.08. The van der Waals surface area contributed by atoms with Crippen LogP contribution < -0.4 is 15.3 Å². The van der Waals surface area contributed by atoms with E-state index in [-0.39, 0.29) is 23.0 Å². The number of carbonyl (C=O) groups is 1. The molecule has 0 atom stereocenters. The number of hydrogen-bond acceptors (Lipinski definition) is 5. The summed E-state index contributed by atoms with van der Waals surface area (Å²) in [7, 11) is -0.365. The number of imidazole rings is 1. The van der Waals surface area contributed by atoms with E-state index in [0.29, 0.717) is 22.5 Å². The van der Waals surface area contributed by atoms with E-state index in [9.17, 15) is 18.0 Å². The van der Waals surface area contributed by atoms with Gasteiger partial charge in [-0.25, -0.2) is 13.2 Å². The van der Waals surface area contributed by atoms with Crippen molar-refractivity contribution in [3.05, 3.63) is 82.8 Å². The van der Waals surface area contributed by atoms with E-state index in [4.69, 9.17) is 0 Å². The van der Waals surface area contributed by atoms with Crippen molar-refractivity contribution in [3.8, 4) is 0 Å². The number of rotatable bonds is 7. The van der Waals surface area contributed by atoms with Crippen LogP contribution in [0.2, 0.25) is 0 Å². The van der Waals surface area contributed by atoms with Crippen molar-refractivity contribution in [2.45, 2.75) is 16.7 Å². The van der Waals surface area contributed by atoms with E-state index >= 15 is 0 Å². The minimum atomic E-state index is -3.74. The summed E-state index contributed by atoms with van der Waals surface area (Å²) in [6.45, 7) is 2.01. The number of aryl methyl sites for hydroxylation is 2. The van der Waals surface area contributed by atoms with Crippen molar-refractivity contribution in [2.24, 2.45) is 14.1 Å². The molecule has 0 saturated heterocycles. The van der Waals surface area contributed by atoms with E-state index < -0.39 is 10.0 Å². The minimum absolute atomic E-state index is 0.144. The van der Waals surface area contributed by atoms with Crippen molar-refractivity contribution in [1.29, 1.82) is 0 Å². The van der Waals surface area contributed by atoms with Crippen molar-refractivity contribution in [2.75, 3.05) is 22.4 Å². The van der Waals surface area contributed by atoms with Gasteiger partial charge in [0.2, 0.25) is 0 Å². The van der Waals surface area contributed by atoms with Gasteiger partial charge in [0.1, 0.15) is 0 Å². The van der Waals surface area contributed by atoms with Crippen molar-refractivity contribution >= 4 is 50.1 Å². The molecule has 0 radical (unpaired) electrons. The molecule has 35 heavy (non-hydrogen) atoms. The molecule has 1 N–H and O–H groups in total. The molecule has 182 valence electrons. The van der Waals surface area contributed by atoms with E-state index in [1.807, 2.05) is 6.26 Å². The van der Waals surface area contributed by atoms with Gasteiger partial charge in [0.15, 0.2) is 0 Å². The number of carbonyl (C=O) groups excluding carboxylic acids is 1. The fourth-order valence-electron chi connectivity index (χ4n) is 3.93. The Morgan fingerprint density at radius 3 is 2.17 bits per heavy atom. The van der Waals surface area contributed by atoms with Crippen LogP contribution in [0.4, 0.5) is 11.4 Å². The minimum Gasteiger partial charge on any atom is -0.322 e. The van der Waals surface area contributed by atoms with Crippen molar-refractivity contribution in [1.82, 2.24) is 9.13 Å². The Balaban J connectivity index is 1.55. The fourth-order valence-corrected chi connectivity index (χ4v) is 5.82. The Labute approximate surface area is 208 Å². The van der Waals surface area contributed by atoms with Crippen LogP contribution in [0, 0.1) is 0 Å². The summed E-state index contributed by atoms with van der Waals surface area (Å²) in [4.78, 5) is 26.1. The maximum Gasteiger partial charge on any atom is 0.328 e. The lowest BCUT2D eigenvalue weighted by Crippen LogP contribution is -2.30. The van der Waals surface area contributed by atoms with Gasteiger partial charge >= 0.3 is 5.69 Å². The Kier molecular flexibility index (Phi) is 6.77. The Bertz CT molecular complexity index is 1550. The molecule has 8 nitrogen and oxygen atoms in total. The number of thioether (sulfide) groups is 1. The summed E-state index contributed by atoms with van der Waals surface area (Å²) in [6, 6.07) is 18.5. The number of aromatic nitrogens is 2. The van der Waals surface area contributed by atoms with E-state index in [0.717, 1.165) is 10.4 Å². The van der Waals surface area contributed by atoms with Gasteiger partial charge in [-0.3, -0.25) is 18.2 Å². The summed E-state index contributed by atoms with van der Waals surface area (Å²) >= 11 is 1.54. The van der Waals surface area contributed by atoms with Crippen LogP contribution >= 0.6 is 11.8 Å². The predicted octanol–water partition coefficient (Wildman–Crippen LogP) is 4.07. The van der Waals surface area contributed by atoms with E-state index in [2.05, 4.69) is 5.32 Å². The molecule has 0 saturated carbocycles. The molecule has 0 aliphatic heterocycles. The second-order valence-electron chi connectivity index (χ2n) is 7.95. The molecule has 0 unspecified atom stereocenters. The Morgan fingerprint density at radius 1 is 0.943 bits per heavy atom. The van der Waals surface area contributed by atoms with Crippen LogP contribution in [0.15, 0.2) is 81.3 Å². The van der Waals surface area contributed by atoms with Crippen LogP contribution in [0.1, 0.15) is 17.3 Å². The Morgan fingerprint density at radius 2 is 1.57 bits per heavy atom. The Hall–Kier alpha value is -3.50. The maximum atomic E-state index is 13.2. The monoisotopic (exact) mass is 510 g/mol. The molecule has 1 amide bonds. The third-order valence-electron chi connectivity index (χ3n) is 5.88. The smallest absolute Gasteiger partial charge is 0.322 e. The highest BCUT2D eigenvalue weighted by Crippen LogP contribution is 2.26. The third-order valence-corrected chi connectivity index (χ3v) is 8.54. The van der Waals surface area contributed by atoms with Gasteiger partial charge < -0.3 is 5.32 Å². The molecule has 4 aromatic rings. The molecule has 0 fully saturated rings. The summed E-state index contributed by atoms with van der Waals surface area (Å²) in [6.07, 6.45) is 1.93. The first-order valence-electron chi connectivity index (χ1n) is 10.9. The zero-order valence-corrected chi connectivity index (χ0v) is 21.5. The number of amides is 1. The second-order valence-corrected chi connectivity index (χ2v) is 10.7. The second kappa shape index (κ2) is 9.63. The summed E-state index contributed by atoms with van der Waals surface area (Å²) in [5, 5.41) is 2.84. The molecule has 1 heterocycles. The maximum absolute atomic E-state index is 13.2. The fraction of sp³-hybridized carbons (Fsp3) is 0.200. The largest absolute Gasteiger partial charge is 0.328 e. The first kappa shape index (κ1) is 24.6. The quantitative estimate of drug-likeness (QED) is 0.379. The summed E-state index contributed by atoms with van der Waals surface area (Å²) in [5.41, 5.74) is 2.74. The van der Waals surface area contributed by atoms with Crippen LogP contribution in [0.3, 0.4) is 0 Å². The zero-order chi connectivity index (χ0) is 25.3. The molecular weight excluding hydrogens is 484 g/mol. The van der Waals surface area contributed by atoms with Gasteiger partial charge in [-0.1, -0.05) is 0 Å². The molecule has 0 spiro atoms. The lowest BCUT2D eigenvalue weighted by molar-refractivity contribution is 0.102. The number of anilines is 2. The zero-order valence-electron chi connectivity index (χ0n) is 19.8. The van der Waals surface area contributed by atoms with Gasteiger partial charge in [0, 0.05) is 36.8 Å². The number of sulfonamides is 1. The molecule has 1 aromatic heterocycles. The van der Waals surface area contributed by atoms with Crippen LogP contribution in [0.5, 0.6) is 0 Å². The predicted molar refractivity (Wildman–Crippen MR) is 141 cm³/mol. The molecule has 4 rings (SSSR count). The highest BCUT2D eigenvalue weighted by atomic mass is 32.2. The molecule has 0 aliphatic carbocycles. The molecule has 10 heteroatoms. The third kappa shape index (κ3) is 4.59. The number of hydrogen-bond donors (Lipinski definition) is 1. The van der Waals surface area contributed by atoms with Crippen molar-refractivity contribution in [3.63, 3.8) is 0 Å². The molecule has 3 aromatic carbocycles. The number of fused-ring (bicyclic) bond motifs is 1. The molecular formula is C25H26N4O4S2. The molecule has 0 bridgehead atoms. The van der Waals surface area contributed by atoms with E-state index in [1.165, 1.54) is 8.87 Å². The van der Waals surface area contributed by atoms with Gasteiger partial charge in [0.25, 0.3) is 15.9 Å². The summed E-state index contributed by atoms with van der Waals surface area (Å²) in [5.74, 6) is -0.338. The standard InChI is InChI=1S/C25H26N4O4S2/c1-5-29(35(32,33)21-13-11-20(34-4)12-14-21)19-9-6-17(7-10-19)24(30)26-18-8-15-22-23(16-18)28(3)25(31)27(22)2/h6-16H,5H2,1-4H3,(H,26,30). The SMILES string of the molecule is CCN(c1ccc(C(=O)Nc2ccc3c(c2)n(C)c(=O)n3C)cc1)S(=O)(=O)c1ccc(SC)cc1. The summed E-state index contributed by atoms with van der Waals surface area (Å²) < 4.78 is 30.8. The van der Waals surface area contributed by atoms with Crippen LogP contribution in [-0.2, 0) is 24.1 Å². The highest BCUT2D eigenvalue weighted by molar-refractivity contribution is 7.98. The first-order valence-corrected chi connectivity index (χ1v) is 13.6. The van der Waals surface area contributed by atoms with Crippen LogP contribution in [0.25, 0.3) is 11.0 Å². The highest BCUT2D eigenvalue weighted by Gasteiger charge is 2.24. The molecule has 0 aliphatic rings. The number of nitrogens with one attached hydrogen (secondary N) is 1. The topological polar surface area (TPSA) is 93.4 Å². The first-order chi connectivity index (χ1) is 16.7. The average molecular weight is 511 g/mol. The normalized spacial score (nSPS) is 11.5. The lowest BCUT2D eigenvalue weighted by Gasteiger charge is -2.23. The van der Waals surface area contributed by atoms with Gasteiger partial charge in [-0.05, 0) is 79.9 Å². The van der Waals surface area contributed by atoms with Gasteiger partial charge in [0.05, 0.1) is 21.6 Å². The van der Waals surface area contributed by atoms with Crippen molar-refractivity contribution < 1.29 is 13.2 Å². The van der Waals surface area contributed by atoms with Crippen LogP contribution in [-0.4, -0.2) is 36.3 Å².